The molecule has 1 aromatic heterocycles. The Kier molecular flexibility index (Phi) is 3.54. The lowest BCUT2D eigenvalue weighted by molar-refractivity contribution is 0.376. The second kappa shape index (κ2) is 4.96. The first-order valence-corrected chi connectivity index (χ1v) is 6.53. The summed E-state index contributed by atoms with van der Waals surface area (Å²) < 4.78 is 0. The van der Waals surface area contributed by atoms with Gasteiger partial charge in [0.1, 0.15) is 5.01 Å². The predicted octanol–water partition coefficient (Wildman–Crippen LogP) is 2.58. The third kappa shape index (κ3) is 2.63. The standard InChI is InChI=1S/C13H16N2O2S/c1-13(2,12-14-6-7-18-12)15-8-9-4-3-5-10(16)11(9)17/h3-7,15-17H,8H2,1-2H3. The van der Waals surface area contributed by atoms with E-state index in [-0.39, 0.29) is 17.0 Å². The molecule has 2 rings (SSSR count). The lowest BCUT2D eigenvalue weighted by Crippen LogP contribution is -2.35. The van der Waals surface area contributed by atoms with Gasteiger partial charge in [0.25, 0.3) is 0 Å². The van der Waals surface area contributed by atoms with Gasteiger partial charge in [0.2, 0.25) is 0 Å². The molecule has 0 aliphatic carbocycles. The highest BCUT2D eigenvalue weighted by Gasteiger charge is 2.22. The van der Waals surface area contributed by atoms with Crippen molar-refractivity contribution in [3.63, 3.8) is 0 Å². The molecule has 0 unspecified atom stereocenters. The summed E-state index contributed by atoms with van der Waals surface area (Å²) in [5, 5.41) is 25.4. The van der Waals surface area contributed by atoms with Gasteiger partial charge in [-0.05, 0) is 19.9 Å². The van der Waals surface area contributed by atoms with Gasteiger partial charge in [-0.2, -0.15) is 0 Å². The van der Waals surface area contributed by atoms with Gasteiger partial charge in [0.05, 0.1) is 5.54 Å². The molecule has 0 spiro atoms. The van der Waals surface area contributed by atoms with Crippen LogP contribution in [0.1, 0.15) is 24.4 Å². The SMILES string of the molecule is CC(C)(NCc1cccc(O)c1O)c1nccs1. The van der Waals surface area contributed by atoms with Crippen molar-refractivity contribution in [2.24, 2.45) is 0 Å². The Morgan fingerprint density at radius 3 is 2.78 bits per heavy atom. The molecule has 0 aliphatic rings. The maximum atomic E-state index is 9.72. The highest BCUT2D eigenvalue weighted by atomic mass is 32.1. The maximum Gasteiger partial charge on any atom is 0.161 e. The number of aromatic hydroxyl groups is 2. The van der Waals surface area contributed by atoms with Crippen molar-refractivity contribution in [1.82, 2.24) is 10.3 Å². The molecular formula is C13H16N2O2S. The third-order valence-corrected chi connectivity index (χ3v) is 3.88. The second-order valence-electron chi connectivity index (χ2n) is 4.60. The summed E-state index contributed by atoms with van der Waals surface area (Å²) >= 11 is 1.59. The first-order valence-electron chi connectivity index (χ1n) is 5.65. The van der Waals surface area contributed by atoms with Crippen LogP contribution in [-0.4, -0.2) is 15.2 Å². The molecule has 0 saturated carbocycles. The van der Waals surface area contributed by atoms with E-state index in [1.807, 2.05) is 19.2 Å². The Bertz CT molecular complexity index is 524. The molecule has 0 atom stereocenters. The highest BCUT2D eigenvalue weighted by molar-refractivity contribution is 7.09. The van der Waals surface area contributed by atoms with Crippen molar-refractivity contribution in [2.75, 3.05) is 0 Å². The van der Waals surface area contributed by atoms with Crippen LogP contribution in [0.25, 0.3) is 0 Å². The van der Waals surface area contributed by atoms with Crippen LogP contribution in [0.15, 0.2) is 29.8 Å². The van der Waals surface area contributed by atoms with Gasteiger partial charge in [-0.3, -0.25) is 0 Å². The fraction of sp³-hybridized carbons (Fsp3) is 0.308. The summed E-state index contributed by atoms with van der Waals surface area (Å²) in [6, 6.07) is 4.95. The molecule has 0 bridgehead atoms. The molecule has 0 radical (unpaired) electrons. The summed E-state index contributed by atoms with van der Waals surface area (Å²) in [7, 11) is 0. The number of aromatic nitrogens is 1. The quantitative estimate of drug-likeness (QED) is 0.743. The average molecular weight is 264 g/mol. The lowest BCUT2D eigenvalue weighted by atomic mass is 10.1. The monoisotopic (exact) mass is 264 g/mol. The third-order valence-electron chi connectivity index (χ3n) is 2.79. The van der Waals surface area contributed by atoms with Gasteiger partial charge >= 0.3 is 0 Å². The van der Waals surface area contributed by atoms with E-state index in [1.54, 1.807) is 29.7 Å². The molecule has 1 aromatic carbocycles. The molecule has 0 amide bonds. The number of hydrogen-bond acceptors (Lipinski definition) is 5. The van der Waals surface area contributed by atoms with E-state index in [0.717, 1.165) is 5.01 Å². The van der Waals surface area contributed by atoms with E-state index in [9.17, 15) is 10.2 Å². The molecule has 0 fully saturated rings. The number of nitrogens with one attached hydrogen (secondary N) is 1. The van der Waals surface area contributed by atoms with Gasteiger partial charge in [-0.1, -0.05) is 12.1 Å². The van der Waals surface area contributed by atoms with Crippen LogP contribution in [0.4, 0.5) is 0 Å². The fourth-order valence-corrected chi connectivity index (χ4v) is 2.38. The number of nitrogens with zero attached hydrogens (tertiary/aromatic N) is 1. The van der Waals surface area contributed by atoms with Crippen LogP contribution in [0.2, 0.25) is 0 Å². The van der Waals surface area contributed by atoms with E-state index < -0.39 is 0 Å². The minimum atomic E-state index is -0.272. The molecule has 96 valence electrons. The maximum absolute atomic E-state index is 9.72. The van der Waals surface area contributed by atoms with Crippen molar-refractivity contribution in [2.45, 2.75) is 25.9 Å². The van der Waals surface area contributed by atoms with Crippen molar-refractivity contribution >= 4 is 11.3 Å². The van der Waals surface area contributed by atoms with E-state index in [2.05, 4.69) is 10.3 Å². The number of phenolic OH excluding ortho intramolecular Hbond substituents is 2. The molecule has 1 heterocycles. The van der Waals surface area contributed by atoms with E-state index >= 15 is 0 Å². The molecule has 18 heavy (non-hydrogen) atoms. The summed E-state index contributed by atoms with van der Waals surface area (Å²) in [6.07, 6.45) is 1.77. The van der Waals surface area contributed by atoms with Crippen LogP contribution in [-0.2, 0) is 12.1 Å². The van der Waals surface area contributed by atoms with Gasteiger partial charge in [0, 0.05) is 23.7 Å². The minimum absolute atomic E-state index is 0.0695. The largest absolute Gasteiger partial charge is 0.504 e. The van der Waals surface area contributed by atoms with E-state index in [4.69, 9.17) is 0 Å². The molecule has 5 heteroatoms. The van der Waals surface area contributed by atoms with Crippen LogP contribution < -0.4 is 5.32 Å². The van der Waals surface area contributed by atoms with E-state index in [0.29, 0.717) is 12.1 Å². The Labute approximate surface area is 110 Å². The van der Waals surface area contributed by atoms with E-state index in [1.165, 1.54) is 6.07 Å². The van der Waals surface area contributed by atoms with Crippen LogP contribution in [0.3, 0.4) is 0 Å². The normalized spacial score (nSPS) is 11.7. The van der Waals surface area contributed by atoms with Crippen molar-refractivity contribution < 1.29 is 10.2 Å². The Balaban J connectivity index is 2.10. The summed E-state index contributed by atoms with van der Waals surface area (Å²) in [4.78, 5) is 4.28. The van der Waals surface area contributed by atoms with Gasteiger partial charge in [-0.25, -0.2) is 4.98 Å². The first kappa shape index (κ1) is 12.9. The second-order valence-corrected chi connectivity index (χ2v) is 5.50. The predicted molar refractivity (Wildman–Crippen MR) is 71.8 cm³/mol. The van der Waals surface area contributed by atoms with Crippen molar-refractivity contribution in [3.8, 4) is 11.5 Å². The number of benzene rings is 1. The van der Waals surface area contributed by atoms with Gasteiger partial charge < -0.3 is 15.5 Å². The fourth-order valence-electron chi connectivity index (χ4n) is 1.64. The zero-order valence-electron chi connectivity index (χ0n) is 10.3. The molecule has 0 saturated heterocycles. The smallest absolute Gasteiger partial charge is 0.161 e. The Morgan fingerprint density at radius 2 is 2.11 bits per heavy atom. The van der Waals surface area contributed by atoms with Gasteiger partial charge in [-0.15, -0.1) is 11.3 Å². The zero-order chi connectivity index (χ0) is 13.2. The van der Waals surface area contributed by atoms with Gasteiger partial charge in [0.15, 0.2) is 11.5 Å². The Morgan fingerprint density at radius 1 is 1.33 bits per heavy atom. The van der Waals surface area contributed by atoms with Crippen LogP contribution >= 0.6 is 11.3 Å². The molecule has 3 N–H and O–H groups in total. The molecule has 4 nitrogen and oxygen atoms in total. The zero-order valence-corrected chi connectivity index (χ0v) is 11.2. The molecular weight excluding hydrogens is 248 g/mol. The minimum Gasteiger partial charge on any atom is -0.504 e. The van der Waals surface area contributed by atoms with Crippen LogP contribution in [0, 0.1) is 0 Å². The topological polar surface area (TPSA) is 65.4 Å². The Hall–Kier alpha value is -1.59. The van der Waals surface area contributed by atoms with Crippen molar-refractivity contribution in [3.05, 3.63) is 40.3 Å². The number of phenols is 2. The van der Waals surface area contributed by atoms with Crippen LogP contribution in [0.5, 0.6) is 11.5 Å². The van der Waals surface area contributed by atoms with Crippen molar-refractivity contribution in [1.29, 1.82) is 0 Å². The number of hydrogen-bond donors (Lipinski definition) is 3. The number of thiazole rings is 1. The lowest BCUT2D eigenvalue weighted by Gasteiger charge is -2.24. The summed E-state index contributed by atoms with van der Waals surface area (Å²) in [6.45, 7) is 4.53. The number of para-hydroxylation sites is 1. The summed E-state index contributed by atoms with van der Waals surface area (Å²) in [5.74, 6) is -0.165. The summed E-state index contributed by atoms with van der Waals surface area (Å²) in [5.41, 5.74) is 0.395. The number of rotatable bonds is 4. The molecule has 2 aromatic rings. The highest BCUT2D eigenvalue weighted by Crippen LogP contribution is 2.29. The first-order chi connectivity index (χ1) is 8.50. The average Bonchev–Trinajstić information content (AvgIpc) is 2.85. The molecule has 0 aliphatic heterocycles.